The fourth-order valence-corrected chi connectivity index (χ4v) is 3.42. The van der Waals surface area contributed by atoms with Crippen molar-refractivity contribution in [3.8, 4) is 0 Å². The van der Waals surface area contributed by atoms with Crippen LogP contribution in [0, 0.1) is 5.92 Å². The van der Waals surface area contributed by atoms with E-state index in [0.29, 0.717) is 12.5 Å². The van der Waals surface area contributed by atoms with Crippen molar-refractivity contribution in [2.24, 2.45) is 11.7 Å². The third-order valence-electron chi connectivity index (χ3n) is 4.45. The first kappa shape index (κ1) is 16.4. The Morgan fingerprint density at radius 2 is 1.95 bits per heavy atom. The zero-order valence-corrected chi connectivity index (χ0v) is 12.8. The van der Waals surface area contributed by atoms with E-state index in [1.165, 1.54) is 12.8 Å². The monoisotopic (exact) mass is 296 g/mol. The van der Waals surface area contributed by atoms with Gasteiger partial charge in [-0.3, -0.25) is 4.90 Å². The molecule has 0 saturated carbocycles. The summed E-state index contributed by atoms with van der Waals surface area (Å²) in [6, 6.07) is 7.11. The van der Waals surface area contributed by atoms with E-state index in [-0.39, 0.29) is 11.6 Å². The lowest BCUT2D eigenvalue weighted by Crippen LogP contribution is -2.36. The lowest BCUT2D eigenvalue weighted by Gasteiger charge is -2.35. The highest BCUT2D eigenvalue weighted by molar-refractivity contribution is 5.26. The summed E-state index contributed by atoms with van der Waals surface area (Å²) in [4.78, 5) is 2.49. The summed E-state index contributed by atoms with van der Waals surface area (Å²) in [7, 11) is 0. The molecule has 0 aliphatic carbocycles. The van der Waals surface area contributed by atoms with Crippen molar-refractivity contribution in [3.05, 3.63) is 35.4 Å². The van der Waals surface area contributed by atoms with Crippen LogP contribution in [0.25, 0.3) is 0 Å². The molecule has 2 nitrogen and oxygen atoms in total. The smallest absolute Gasteiger partial charge is 0.263 e. The van der Waals surface area contributed by atoms with Crippen LogP contribution < -0.4 is 5.73 Å². The number of rotatable bonds is 5. The zero-order chi connectivity index (χ0) is 15.2. The summed E-state index contributed by atoms with van der Waals surface area (Å²) in [5.41, 5.74) is 7.22. The van der Waals surface area contributed by atoms with Crippen LogP contribution in [0.15, 0.2) is 24.3 Å². The minimum atomic E-state index is -2.40. The normalized spacial score (nSPS) is 24.2. The molecule has 118 valence electrons. The Morgan fingerprint density at radius 1 is 1.24 bits per heavy atom. The Morgan fingerprint density at radius 3 is 2.52 bits per heavy atom. The Balaban J connectivity index is 2.27. The number of nitrogens with zero attached hydrogens (tertiary/aromatic N) is 1. The molecule has 0 amide bonds. The van der Waals surface area contributed by atoms with Gasteiger partial charge in [0.25, 0.3) is 6.43 Å². The Labute approximate surface area is 126 Å². The van der Waals surface area contributed by atoms with Gasteiger partial charge in [-0.15, -0.1) is 0 Å². The van der Waals surface area contributed by atoms with Gasteiger partial charge in [-0.05, 0) is 50.4 Å². The molecular formula is C17H26F2N2. The molecule has 1 fully saturated rings. The highest BCUT2D eigenvalue weighted by Crippen LogP contribution is 2.35. The van der Waals surface area contributed by atoms with E-state index >= 15 is 0 Å². The van der Waals surface area contributed by atoms with Crippen LogP contribution in [-0.4, -0.2) is 24.5 Å². The summed E-state index contributed by atoms with van der Waals surface area (Å²) in [5, 5.41) is 0. The van der Waals surface area contributed by atoms with Gasteiger partial charge < -0.3 is 5.73 Å². The summed E-state index contributed by atoms with van der Waals surface area (Å²) in [6.45, 7) is 4.95. The number of benzene rings is 1. The van der Waals surface area contributed by atoms with Gasteiger partial charge in [-0.2, -0.15) is 0 Å². The minimum absolute atomic E-state index is 0.0960. The summed E-state index contributed by atoms with van der Waals surface area (Å²) < 4.78 is 25.4. The maximum atomic E-state index is 12.7. The Bertz CT molecular complexity index is 419. The predicted molar refractivity (Wildman–Crippen MR) is 82.4 cm³/mol. The van der Waals surface area contributed by atoms with Gasteiger partial charge >= 0.3 is 0 Å². The Kier molecular flexibility index (Phi) is 6.12. The quantitative estimate of drug-likeness (QED) is 0.885. The number of alkyl halides is 2. The number of hydrogen-bond donors (Lipinski definition) is 1. The van der Waals surface area contributed by atoms with E-state index in [2.05, 4.69) is 11.8 Å². The van der Waals surface area contributed by atoms with Crippen LogP contribution in [0.4, 0.5) is 8.78 Å². The van der Waals surface area contributed by atoms with Gasteiger partial charge in [0.2, 0.25) is 0 Å². The average molecular weight is 296 g/mol. The van der Waals surface area contributed by atoms with Crippen LogP contribution >= 0.6 is 0 Å². The van der Waals surface area contributed by atoms with E-state index in [4.69, 9.17) is 5.73 Å². The topological polar surface area (TPSA) is 29.3 Å². The molecule has 0 spiro atoms. The van der Waals surface area contributed by atoms with Crippen molar-refractivity contribution in [1.29, 1.82) is 0 Å². The maximum absolute atomic E-state index is 12.7. The number of nitrogens with two attached hydrogens (primary N) is 1. The molecule has 2 atom stereocenters. The Hall–Kier alpha value is -1.00. The summed E-state index contributed by atoms with van der Waals surface area (Å²) in [5.74, 6) is 0.413. The molecule has 1 aliphatic heterocycles. The lowest BCUT2D eigenvalue weighted by molar-refractivity contribution is 0.150. The largest absolute Gasteiger partial charge is 0.330 e. The fourth-order valence-electron chi connectivity index (χ4n) is 3.42. The van der Waals surface area contributed by atoms with Crippen LogP contribution in [0.3, 0.4) is 0 Å². The first-order valence-electron chi connectivity index (χ1n) is 7.99. The van der Waals surface area contributed by atoms with Crippen LogP contribution in [0.5, 0.6) is 0 Å². The second-order valence-electron chi connectivity index (χ2n) is 5.94. The van der Waals surface area contributed by atoms with Gasteiger partial charge in [-0.1, -0.05) is 37.6 Å². The van der Waals surface area contributed by atoms with E-state index in [1.807, 2.05) is 12.1 Å². The molecule has 1 aromatic carbocycles. The molecule has 4 heteroatoms. The molecule has 0 aromatic heterocycles. The average Bonchev–Trinajstić information content (AvgIpc) is 2.70. The van der Waals surface area contributed by atoms with E-state index < -0.39 is 6.43 Å². The third-order valence-corrected chi connectivity index (χ3v) is 4.45. The van der Waals surface area contributed by atoms with E-state index in [9.17, 15) is 8.78 Å². The zero-order valence-electron chi connectivity index (χ0n) is 12.8. The van der Waals surface area contributed by atoms with Gasteiger partial charge in [0.1, 0.15) is 0 Å². The minimum Gasteiger partial charge on any atom is -0.330 e. The van der Waals surface area contributed by atoms with Gasteiger partial charge in [-0.25, -0.2) is 8.78 Å². The van der Waals surface area contributed by atoms with Crippen molar-refractivity contribution >= 4 is 0 Å². The molecule has 2 unspecified atom stereocenters. The van der Waals surface area contributed by atoms with Crippen molar-refractivity contribution in [1.82, 2.24) is 4.90 Å². The molecule has 0 bridgehead atoms. The van der Waals surface area contributed by atoms with Crippen molar-refractivity contribution < 1.29 is 8.78 Å². The van der Waals surface area contributed by atoms with Gasteiger partial charge in [0.05, 0.1) is 0 Å². The maximum Gasteiger partial charge on any atom is 0.263 e. The number of halogens is 2. The molecule has 1 heterocycles. The standard InChI is InChI=1S/C17H26F2N2/c1-2-10-21-11-4-3-5-15(12-20)16(21)13-6-8-14(9-7-13)17(18)19/h6-9,15-17H,2-5,10-12,20H2,1H3. The fraction of sp³-hybridized carbons (Fsp3) is 0.647. The molecule has 2 N–H and O–H groups in total. The SMILES string of the molecule is CCCN1CCCCC(CN)C1c1ccc(C(F)F)cc1. The summed E-state index contributed by atoms with van der Waals surface area (Å²) in [6.07, 6.45) is 2.22. The molecule has 1 aliphatic rings. The number of hydrogen-bond acceptors (Lipinski definition) is 2. The molecule has 1 aromatic rings. The third kappa shape index (κ3) is 4.01. The van der Waals surface area contributed by atoms with E-state index in [0.717, 1.165) is 31.5 Å². The van der Waals surface area contributed by atoms with Crippen molar-refractivity contribution in [2.75, 3.05) is 19.6 Å². The van der Waals surface area contributed by atoms with Crippen molar-refractivity contribution in [3.63, 3.8) is 0 Å². The molecule has 0 radical (unpaired) electrons. The van der Waals surface area contributed by atoms with Crippen LogP contribution in [0.1, 0.15) is 56.2 Å². The van der Waals surface area contributed by atoms with Crippen LogP contribution in [0.2, 0.25) is 0 Å². The van der Waals surface area contributed by atoms with Gasteiger partial charge in [0.15, 0.2) is 0 Å². The van der Waals surface area contributed by atoms with Crippen LogP contribution in [-0.2, 0) is 0 Å². The lowest BCUT2D eigenvalue weighted by atomic mass is 9.88. The molecule has 2 rings (SSSR count). The second-order valence-corrected chi connectivity index (χ2v) is 5.94. The predicted octanol–water partition coefficient (Wildman–Crippen LogP) is 4.14. The summed E-state index contributed by atoms with van der Waals surface area (Å²) >= 11 is 0. The molecule has 1 saturated heterocycles. The van der Waals surface area contributed by atoms with Gasteiger partial charge in [0, 0.05) is 11.6 Å². The highest BCUT2D eigenvalue weighted by Gasteiger charge is 2.29. The first-order chi connectivity index (χ1) is 10.2. The highest BCUT2D eigenvalue weighted by atomic mass is 19.3. The second kappa shape index (κ2) is 7.85. The molecular weight excluding hydrogens is 270 g/mol. The molecule has 21 heavy (non-hydrogen) atoms. The van der Waals surface area contributed by atoms with Crippen molar-refractivity contribution in [2.45, 2.75) is 45.1 Å². The number of likely N-dealkylation sites (tertiary alicyclic amines) is 1. The first-order valence-corrected chi connectivity index (χ1v) is 7.99. The van der Waals surface area contributed by atoms with E-state index in [1.54, 1.807) is 12.1 Å².